The zero-order chi connectivity index (χ0) is 18.4. The van der Waals surface area contributed by atoms with Crippen LogP contribution in [0, 0.1) is 13.8 Å². The number of aromatic nitrogens is 1. The smallest absolute Gasteiger partial charge is 0.189 e. The summed E-state index contributed by atoms with van der Waals surface area (Å²) in [6.45, 7) is 12.4. The number of allylic oxidation sites excluding steroid dienone is 1. The van der Waals surface area contributed by atoms with Crippen molar-refractivity contribution in [2.75, 3.05) is 13.4 Å². The molecule has 0 saturated heterocycles. The molecule has 1 aromatic heterocycles. The molecule has 0 bridgehead atoms. The number of pyridine rings is 1. The average Bonchev–Trinajstić information content (AvgIpc) is 2.54. The predicted octanol–water partition coefficient (Wildman–Crippen LogP) is 4.42. The summed E-state index contributed by atoms with van der Waals surface area (Å²) in [5.41, 5.74) is 4.67. The van der Waals surface area contributed by atoms with Crippen LogP contribution in [0.15, 0.2) is 53.4 Å². The lowest BCUT2D eigenvalue weighted by Crippen LogP contribution is -2.14. The van der Waals surface area contributed by atoms with Gasteiger partial charge in [0.15, 0.2) is 12.2 Å². The minimum atomic E-state index is -0.00476. The van der Waals surface area contributed by atoms with Crippen molar-refractivity contribution in [1.82, 2.24) is 4.57 Å². The molecule has 0 aliphatic heterocycles. The summed E-state index contributed by atoms with van der Waals surface area (Å²) in [7, 11) is 0. The van der Waals surface area contributed by atoms with Gasteiger partial charge in [-0.05, 0) is 33.8 Å². The van der Waals surface area contributed by atoms with Crippen LogP contribution in [-0.2, 0) is 4.74 Å². The van der Waals surface area contributed by atoms with E-state index >= 15 is 0 Å². The normalized spacial score (nSPS) is 10.4. The number of nitrogens with zero attached hydrogens (tertiary/aromatic N) is 1. The molecule has 0 aliphatic carbocycles. The van der Waals surface area contributed by atoms with Crippen LogP contribution < -0.4 is 10.2 Å². The first-order valence-corrected chi connectivity index (χ1v) is 8.24. The topological polar surface area (TPSA) is 40.5 Å². The molecule has 0 atom stereocenters. The summed E-state index contributed by atoms with van der Waals surface area (Å²) in [5, 5.41) is 0. The van der Waals surface area contributed by atoms with Gasteiger partial charge in [-0.3, -0.25) is 4.79 Å². The Morgan fingerprint density at radius 1 is 1.20 bits per heavy atom. The fourth-order valence-electron chi connectivity index (χ4n) is 2.65. The number of hydrogen-bond donors (Lipinski definition) is 0. The highest BCUT2D eigenvalue weighted by Crippen LogP contribution is 2.29. The van der Waals surface area contributed by atoms with Crippen LogP contribution in [0.4, 0.5) is 0 Å². The minimum Gasteiger partial charge on any atom is -0.465 e. The van der Waals surface area contributed by atoms with Crippen LogP contribution in [0.3, 0.4) is 0 Å². The highest BCUT2D eigenvalue weighted by Gasteiger charge is 2.13. The summed E-state index contributed by atoms with van der Waals surface area (Å²) in [6, 6.07) is 9.00. The molecular weight excluding hydrogens is 314 g/mol. The Kier molecular flexibility index (Phi) is 6.37. The SMILES string of the molecule is C=Cc1cccc(OCOCC=C(C)C)c1-n1c(C)cc(=O)cc1C. The molecule has 25 heavy (non-hydrogen) atoms. The molecule has 0 unspecified atom stereocenters. The maximum Gasteiger partial charge on any atom is 0.189 e. The lowest BCUT2D eigenvalue weighted by molar-refractivity contribution is 0.0304. The molecule has 0 fully saturated rings. The van der Waals surface area contributed by atoms with E-state index in [9.17, 15) is 4.79 Å². The van der Waals surface area contributed by atoms with Gasteiger partial charge < -0.3 is 14.0 Å². The molecule has 0 spiro atoms. The molecule has 0 amide bonds. The van der Waals surface area contributed by atoms with Crippen LogP contribution in [0.2, 0.25) is 0 Å². The Morgan fingerprint density at radius 3 is 2.48 bits per heavy atom. The molecule has 132 valence electrons. The molecule has 4 heteroatoms. The first-order chi connectivity index (χ1) is 11.9. The van der Waals surface area contributed by atoms with Crippen molar-refractivity contribution in [2.45, 2.75) is 27.7 Å². The lowest BCUT2D eigenvalue weighted by atomic mass is 10.1. The van der Waals surface area contributed by atoms with Gasteiger partial charge in [-0.2, -0.15) is 0 Å². The van der Waals surface area contributed by atoms with Crippen LogP contribution >= 0.6 is 0 Å². The van der Waals surface area contributed by atoms with E-state index in [1.807, 2.05) is 56.5 Å². The van der Waals surface area contributed by atoms with Crippen molar-refractivity contribution in [2.24, 2.45) is 0 Å². The molecule has 2 aromatic rings. The fourth-order valence-corrected chi connectivity index (χ4v) is 2.65. The summed E-state index contributed by atoms with van der Waals surface area (Å²) >= 11 is 0. The third-order valence-corrected chi connectivity index (χ3v) is 3.79. The second-order valence-corrected chi connectivity index (χ2v) is 6.12. The first kappa shape index (κ1) is 18.7. The Labute approximate surface area is 149 Å². The first-order valence-electron chi connectivity index (χ1n) is 8.24. The van der Waals surface area contributed by atoms with Gasteiger partial charge in [0.05, 0.1) is 12.3 Å². The zero-order valence-electron chi connectivity index (χ0n) is 15.3. The Hall–Kier alpha value is -2.59. The summed E-state index contributed by atoms with van der Waals surface area (Å²) < 4.78 is 13.4. The lowest BCUT2D eigenvalue weighted by Gasteiger charge is -2.20. The number of ether oxygens (including phenoxy) is 2. The molecule has 0 saturated carbocycles. The third kappa shape index (κ3) is 4.70. The van der Waals surface area contributed by atoms with E-state index in [1.165, 1.54) is 5.57 Å². The van der Waals surface area contributed by atoms with E-state index in [0.29, 0.717) is 12.4 Å². The van der Waals surface area contributed by atoms with Crippen molar-refractivity contribution in [3.05, 3.63) is 75.7 Å². The van der Waals surface area contributed by atoms with E-state index in [1.54, 1.807) is 18.2 Å². The van der Waals surface area contributed by atoms with Gasteiger partial charge in [-0.1, -0.05) is 36.4 Å². The molecule has 0 N–H and O–H groups in total. The molecule has 0 radical (unpaired) electrons. The molecule has 1 aromatic carbocycles. The Balaban J connectivity index is 2.39. The molecule has 0 aliphatic rings. The molecule has 1 heterocycles. The maximum absolute atomic E-state index is 11.7. The second-order valence-electron chi connectivity index (χ2n) is 6.12. The van der Waals surface area contributed by atoms with Crippen LogP contribution in [0.5, 0.6) is 5.75 Å². The standard InChI is InChI=1S/C21H25NO3/c1-6-18-8-7-9-20(25-14-24-11-10-15(2)3)21(18)22-16(4)12-19(23)13-17(22)5/h6-10,12-13H,1,11,14H2,2-5H3. The highest BCUT2D eigenvalue weighted by molar-refractivity contribution is 5.66. The third-order valence-electron chi connectivity index (χ3n) is 3.79. The number of aryl methyl sites for hydroxylation is 2. The van der Waals surface area contributed by atoms with E-state index in [4.69, 9.17) is 9.47 Å². The van der Waals surface area contributed by atoms with Gasteiger partial charge in [-0.15, -0.1) is 0 Å². The van der Waals surface area contributed by atoms with Gasteiger partial charge in [0.2, 0.25) is 0 Å². The number of hydrogen-bond acceptors (Lipinski definition) is 3. The predicted molar refractivity (Wildman–Crippen MR) is 102 cm³/mol. The van der Waals surface area contributed by atoms with Crippen LogP contribution in [0.1, 0.15) is 30.8 Å². The Bertz CT molecular complexity index is 816. The van der Waals surface area contributed by atoms with E-state index in [-0.39, 0.29) is 12.2 Å². The van der Waals surface area contributed by atoms with E-state index < -0.39 is 0 Å². The van der Waals surface area contributed by atoms with Gasteiger partial charge in [0.25, 0.3) is 0 Å². The van der Waals surface area contributed by atoms with Crippen molar-refractivity contribution in [1.29, 1.82) is 0 Å². The van der Waals surface area contributed by atoms with Crippen molar-refractivity contribution in [3.8, 4) is 11.4 Å². The molecule has 2 rings (SSSR count). The van der Waals surface area contributed by atoms with Crippen molar-refractivity contribution < 1.29 is 9.47 Å². The van der Waals surface area contributed by atoms with Crippen molar-refractivity contribution >= 4 is 6.08 Å². The van der Waals surface area contributed by atoms with Crippen molar-refractivity contribution in [3.63, 3.8) is 0 Å². The van der Waals surface area contributed by atoms with E-state index in [2.05, 4.69) is 6.58 Å². The highest BCUT2D eigenvalue weighted by atomic mass is 16.7. The fraction of sp³-hybridized carbons (Fsp3) is 0.286. The second kappa shape index (κ2) is 8.49. The largest absolute Gasteiger partial charge is 0.465 e. The number of benzene rings is 1. The van der Waals surface area contributed by atoms with E-state index in [0.717, 1.165) is 22.6 Å². The number of para-hydroxylation sites is 1. The summed E-state index contributed by atoms with van der Waals surface area (Å²) in [4.78, 5) is 11.7. The summed E-state index contributed by atoms with van der Waals surface area (Å²) in [5.74, 6) is 0.685. The van der Waals surface area contributed by atoms with Gasteiger partial charge in [0, 0.05) is 29.1 Å². The minimum absolute atomic E-state index is 0.00476. The maximum atomic E-state index is 11.7. The van der Waals surface area contributed by atoms with Crippen LogP contribution in [0.25, 0.3) is 11.8 Å². The van der Waals surface area contributed by atoms with Gasteiger partial charge in [-0.25, -0.2) is 0 Å². The summed E-state index contributed by atoms with van der Waals surface area (Å²) in [6.07, 6.45) is 3.78. The van der Waals surface area contributed by atoms with Crippen LogP contribution in [-0.4, -0.2) is 18.0 Å². The quantitative estimate of drug-likeness (QED) is 0.426. The van der Waals surface area contributed by atoms with Gasteiger partial charge in [0.1, 0.15) is 5.75 Å². The average molecular weight is 339 g/mol. The monoisotopic (exact) mass is 339 g/mol. The zero-order valence-corrected chi connectivity index (χ0v) is 15.3. The number of rotatable bonds is 7. The molecule has 4 nitrogen and oxygen atoms in total. The van der Waals surface area contributed by atoms with Gasteiger partial charge >= 0.3 is 0 Å². The Morgan fingerprint density at radius 2 is 1.88 bits per heavy atom. The molecular formula is C21H25NO3.